The molecule has 2 atom stereocenters. The Labute approximate surface area is 146 Å². The number of rotatable bonds is 4. The molecule has 126 valence electrons. The van der Waals surface area contributed by atoms with Gasteiger partial charge in [-0.3, -0.25) is 4.79 Å². The molecule has 0 spiro atoms. The molecule has 2 aromatic carbocycles. The molecule has 0 bridgehead atoms. The van der Waals surface area contributed by atoms with Crippen LogP contribution in [0.2, 0.25) is 0 Å². The molecule has 0 radical (unpaired) electrons. The number of hydrogen-bond acceptors (Lipinski definition) is 3. The van der Waals surface area contributed by atoms with Crippen molar-refractivity contribution in [1.29, 1.82) is 0 Å². The fraction of sp³-hybridized carbons (Fsp3) is 0.200. The van der Waals surface area contributed by atoms with Gasteiger partial charge in [-0.15, -0.1) is 0 Å². The zero-order chi connectivity index (χ0) is 17.2. The van der Waals surface area contributed by atoms with E-state index in [2.05, 4.69) is 16.4 Å². The second kappa shape index (κ2) is 6.43. The minimum absolute atomic E-state index is 0.00975. The summed E-state index contributed by atoms with van der Waals surface area (Å²) in [5.74, 6) is 1.01. The summed E-state index contributed by atoms with van der Waals surface area (Å²) >= 11 is 0. The summed E-state index contributed by atoms with van der Waals surface area (Å²) < 4.78 is 7.62. The van der Waals surface area contributed by atoms with Crippen LogP contribution in [0, 0.1) is 0 Å². The van der Waals surface area contributed by atoms with E-state index in [4.69, 9.17) is 4.74 Å². The van der Waals surface area contributed by atoms with E-state index < -0.39 is 0 Å². The fourth-order valence-corrected chi connectivity index (χ4v) is 3.19. The number of fused-ring (bicyclic) bond motifs is 1. The maximum atomic E-state index is 12.6. The summed E-state index contributed by atoms with van der Waals surface area (Å²) in [6.45, 7) is 2.62. The predicted octanol–water partition coefficient (Wildman–Crippen LogP) is 3.17. The summed E-state index contributed by atoms with van der Waals surface area (Å²) in [4.78, 5) is 16.6. The molecule has 1 aliphatic rings. The summed E-state index contributed by atoms with van der Waals surface area (Å²) in [7, 11) is 0. The SMILES string of the molecule is C[C@@H](NC(=O)c1ccc(-n2ccnc2)cc1)[C@H]1COc2ccccc21. The van der Waals surface area contributed by atoms with Crippen molar-refractivity contribution < 1.29 is 9.53 Å². The third-order valence-electron chi connectivity index (χ3n) is 4.63. The van der Waals surface area contributed by atoms with Gasteiger partial charge in [0.25, 0.3) is 5.91 Å². The highest BCUT2D eigenvalue weighted by atomic mass is 16.5. The van der Waals surface area contributed by atoms with Gasteiger partial charge in [-0.1, -0.05) is 18.2 Å². The number of hydrogen-bond donors (Lipinski definition) is 1. The van der Waals surface area contributed by atoms with Gasteiger partial charge in [-0.2, -0.15) is 0 Å². The molecule has 0 unspecified atom stereocenters. The number of para-hydroxylation sites is 1. The molecule has 0 fully saturated rings. The van der Waals surface area contributed by atoms with Crippen LogP contribution < -0.4 is 10.1 Å². The van der Waals surface area contributed by atoms with E-state index in [1.807, 2.05) is 60.2 Å². The summed E-state index contributed by atoms with van der Waals surface area (Å²) in [5.41, 5.74) is 2.77. The average molecular weight is 333 g/mol. The van der Waals surface area contributed by atoms with Gasteiger partial charge in [0.15, 0.2) is 0 Å². The number of nitrogens with zero attached hydrogens (tertiary/aromatic N) is 2. The normalized spacial score (nSPS) is 16.8. The lowest BCUT2D eigenvalue weighted by Crippen LogP contribution is -2.37. The molecule has 0 saturated heterocycles. The van der Waals surface area contributed by atoms with Crippen molar-refractivity contribution in [3.05, 3.63) is 78.4 Å². The van der Waals surface area contributed by atoms with Crippen molar-refractivity contribution >= 4 is 5.91 Å². The van der Waals surface area contributed by atoms with Crippen LogP contribution in [0.1, 0.15) is 28.8 Å². The second-order valence-electron chi connectivity index (χ2n) is 6.23. The Morgan fingerprint density at radius 2 is 2.04 bits per heavy atom. The van der Waals surface area contributed by atoms with Crippen LogP contribution in [0.15, 0.2) is 67.3 Å². The van der Waals surface area contributed by atoms with Crippen molar-refractivity contribution in [2.45, 2.75) is 18.9 Å². The maximum absolute atomic E-state index is 12.6. The Morgan fingerprint density at radius 3 is 2.80 bits per heavy atom. The Bertz CT molecular complexity index is 872. The Morgan fingerprint density at radius 1 is 1.24 bits per heavy atom. The second-order valence-corrected chi connectivity index (χ2v) is 6.23. The molecule has 1 N–H and O–H groups in total. The number of carbonyl (C=O) groups is 1. The first-order chi connectivity index (χ1) is 12.2. The molecule has 25 heavy (non-hydrogen) atoms. The molecule has 1 amide bonds. The lowest BCUT2D eigenvalue weighted by molar-refractivity contribution is 0.0932. The maximum Gasteiger partial charge on any atom is 0.251 e. The average Bonchev–Trinajstić information content (AvgIpc) is 3.31. The van der Waals surface area contributed by atoms with E-state index in [1.54, 1.807) is 12.5 Å². The Kier molecular flexibility index (Phi) is 3.98. The lowest BCUT2D eigenvalue weighted by Gasteiger charge is -2.20. The van der Waals surface area contributed by atoms with Gasteiger partial charge < -0.3 is 14.6 Å². The number of imidazole rings is 1. The monoisotopic (exact) mass is 333 g/mol. The third kappa shape index (κ3) is 3.01. The van der Waals surface area contributed by atoms with Gasteiger partial charge in [-0.05, 0) is 37.3 Å². The van der Waals surface area contributed by atoms with Gasteiger partial charge in [0.05, 0.1) is 12.9 Å². The van der Waals surface area contributed by atoms with Crippen molar-refractivity contribution in [2.24, 2.45) is 0 Å². The van der Waals surface area contributed by atoms with E-state index in [-0.39, 0.29) is 17.9 Å². The minimum Gasteiger partial charge on any atom is -0.493 e. The van der Waals surface area contributed by atoms with E-state index in [0.29, 0.717) is 12.2 Å². The summed E-state index contributed by atoms with van der Waals surface area (Å²) in [6.07, 6.45) is 5.33. The smallest absolute Gasteiger partial charge is 0.251 e. The van der Waals surface area contributed by atoms with Crippen LogP contribution in [0.5, 0.6) is 5.75 Å². The van der Waals surface area contributed by atoms with Gasteiger partial charge in [0, 0.05) is 41.2 Å². The van der Waals surface area contributed by atoms with Crippen molar-refractivity contribution in [1.82, 2.24) is 14.9 Å². The highest BCUT2D eigenvalue weighted by Crippen LogP contribution is 2.35. The lowest BCUT2D eigenvalue weighted by atomic mass is 9.94. The number of ether oxygens (including phenoxy) is 1. The number of aromatic nitrogens is 2. The number of benzene rings is 2. The van der Waals surface area contributed by atoms with Gasteiger partial charge in [0.2, 0.25) is 0 Å². The first-order valence-electron chi connectivity index (χ1n) is 8.33. The van der Waals surface area contributed by atoms with E-state index >= 15 is 0 Å². The standard InChI is InChI=1S/C20H19N3O2/c1-14(18-12-25-19-5-3-2-4-17(18)19)22-20(24)15-6-8-16(9-7-15)23-11-10-21-13-23/h2-11,13-14,18H,12H2,1H3,(H,22,24)/t14-,18-/m1/s1. The Balaban J connectivity index is 1.45. The van der Waals surface area contributed by atoms with E-state index in [9.17, 15) is 4.79 Å². The zero-order valence-corrected chi connectivity index (χ0v) is 13.9. The van der Waals surface area contributed by atoms with Gasteiger partial charge in [-0.25, -0.2) is 4.98 Å². The van der Waals surface area contributed by atoms with Crippen molar-refractivity contribution in [2.75, 3.05) is 6.61 Å². The molecule has 0 aliphatic carbocycles. The first-order valence-corrected chi connectivity index (χ1v) is 8.33. The molecule has 5 nitrogen and oxygen atoms in total. The largest absolute Gasteiger partial charge is 0.493 e. The zero-order valence-electron chi connectivity index (χ0n) is 13.9. The van der Waals surface area contributed by atoms with Crippen LogP contribution in [0.4, 0.5) is 0 Å². The molecule has 1 aromatic heterocycles. The third-order valence-corrected chi connectivity index (χ3v) is 4.63. The van der Waals surface area contributed by atoms with Crippen LogP contribution in [-0.4, -0.2) is 28.1 Å². The minimum atomic E-state index is -0.0749. The fourth-order valence-electron chi connectivity index (χ4n) is 3.19. The molecule has 3 aromatic rings. The molecule has 2 heterocycles. The highest BCUT2D eigenvalue weighted by Gasteiger charge is 2.29. The molecule has 1 aliphatic heterocycles. The Hall–Kier alpha value is -3.08. The van der Waals surface area contributed by atoms with Crippen molar-refractivity contribution in [3.8, 4) is 11.4 Å². The summed E-state index contributed by atoms with van der Waals surface area (Å²) in [6, 6.07) is 15.5. The highest BCUT2D eigenvalue weighted by molar-refractivity contribution is 5.94. The molecular formula is C20H19N3O2. The van der Waals surface area contributed by atoms with Crippen molar-refractivity contribution in [3.63, 3.8) is 0 Å². The summed E-state index contributed by atoms with van der Waals surface area (Å²) in [5, 5.41) is 3.10. The quantitative estimate of drug-likeness (QED) is 0.798. The number of nitrogens with one attached hydrogen (secondary N) is 1. The molecule has 5 heteroatoms. The molecular weight excluding hydrogens is 314 g/mol. The molecule has 4 rings (SSSR count). The number of carbonyl (C=O) groups excluding carboxylic acids is 1. The van der Waals surface area contributed by atoms with Gasteiger partial charge >= 0.3 is 0 Å². The topological polar surface area (TPSA) is 56.2 Å². The van der Waals surface area contributed by atoms with Crippen LogP contribution >= 0.6 is 0 Å². The molecule has 0 saturated carbocycles. The van der Waals surface area contributed by atoms with E-state index in [0.717, 1.165) is 17.0 Å². The van der Waals surface area contributed by atoms with Crippen LogP contribution in [0.3, 0.4) is 0 Å². The van der Waals surface area contributed by atoms with Crippen LogP contribution in [-0.2, 0) is 0 Å². The first kappa shape index (κ1) is 15.4. The predicted molar refractivity (Wildman–Crippen MR) is 95.2 cm³/mol. The van der Waals surface area contributed by atoms with E-state index in [1.165, 1.54) is 0 Å². The van der Waals surface area contributed by atoms with Gasteiger partial charge in [0.1, 0.15) is 5.75 Å². The van der Waals surface area contributed by atoms with Crippen LogP contribution in [0.25, 0.3) is 5.69 Å². The number of amides is 1.